The minimum Gasteiger partial charge on any atom is -0.507 e. The predicted molar refractivity (Wildman–Crippen MR) is 92.0 cm³/mol. The van der Waals surface area contributed by atoms with Gasteiger partial charge in [-0.1, -0.05) is 17.7 Å². The molecule has 0 saturated carbocycles. The van der Waals surface area contributed by atoms with Gasteiger partial charge in [-0.15, -0.1) is 0 Å². The highest BCUT2D eigenvalue weighted by molar-refractivity contribution is 6.30. The van der Waals surface area contributed by atoms with Gasteiger partial charge in [0.15, 0.2) is 0 Å². The van der Waals surface area contributed by atoms with Gasteiger partial charge in [-0.2, -0.15) is 0 Å². The van der Waals surface area contributed by atoms with E-state index in [2.05, 4.69) is 0 Å². The number of aromatic hydroxyl groups is 1. The van der Waals surface area contributed by atoms with Crippen molar-refractivity contribution < 1.29 is 19.4 Å². The van der Waals surface area contributed by atoms with Gasteiger partial charge in [-0.3, -0.25) is 4.79 Å². The molecule has 0 atom stereocenters. The smallest absolute Gasteiger partial charge is 0.335 e. The number of aromatic nitrogens is 1. The lowest BCUT2D eigenvalue weighted by atomic mass is 10.0. The number of nitrogens with zero attached hydrogens (tertiary/aromatic N) is 1. The van der Waals surface area contributed by atoms with Crippen molar-refractivity contribution >= 4 is 28.5 Å². The molecule has 0 amide bonds. The van der Waals surface area contributed by atoms with Crippen LogP contribution in [0.2, 0.25) is 5.02 Å². The van der Waals surface area contributed by atoms with Crippen molar-refractivity contribution in [2.45, 2.75) is 6.42 Å². The maximum Gasteiger partial charge on any atom is 0.335 e. The first-order chi connectivity index (χ1) is 11.8. The lowest BCUT2D eigenvalue weighted by molar-refractivity contribution is 0.0697. The average molecular weight is 362 g/mol. The zero-order valence-electron chi connectivity index (χ0n) is 13.1. The van der Waals surface area contributed by atoms with E-state index in [9.17, 15) is 19.1 Å². The summed E-state index contributed by atoms with van der Waals surface area (Å²) in [4.78, 5) is 23.7. The Balaban J connectivity index is 2.21. The number of carboxylic acid groups (broad SMARTS) is 1. The normalized spacial score (nSPS) is 11.0. The van der Waals surface area contributed by atoms with Crippen molar-refractivity contribution in [1.82, 2.24) is 4.57 Å². The van der Waals surface area contributed by atoms with Crippen molar-refractivity contribution in [3.05, 3.63) is 74.3 Å². The van der Waals surface area contributed by atoms with E-state index in [0.717, 1.165) is 0 Å². The van der Waals surface area contributed by atoms with Crippen LogP contribution in [0.4, 0.5) is 4.39 Å². The molecule has 0 fully saturated rings. The number of benzene rings is 2. The Morgan fingerprint density at radius 2 is 1.96 bits per heavy atom. The van der Waals surface area contributed by atoms with E-state index in [1.165, 1.54) is 48.0 Å². The molecule has 0 aliphatic carbocycles. The van der Waals surface area contributed by atoms with Crippen LogP contribution >= 0.6 is 11.6 Å². The van der Waals surface area contributed by atoms with Crippen molar-refractivity contribution in [1.29, 1.82) is 0 Å². The minimum absolute atomic E-state index is 0.00257. The van der Waals surface area contributed by atoms with E-state index in [4.69, 9.17) is 16.7 Å². The topological polar surface area (TPSA) is 79.5 Å². The van der Waals surface area contributed by atoms with Crippen LogP contribution in [0.3, 0.4) is 0 Å². The number of rotatable bonds is 3. The number of carboxylic acids is 1. The summed E-state index contributed by atoms with van der Waals surface area (Å²) >= 11 is 5.76. The third-order valence-electron chi connectivity index (χ3n) is 4.07. The van der Waals surface area contributed by atoms with Crippen LogP contribution in [-0.2, 0) is 13.5 Å². The molecule has 0 bridgehead atoms. The van der Waals surface area contributed by atoms with Gasteiger partial charge in [0.05, 0.1) is 21.7 Å². The Bertz CT molecular complexity index is 1070. The first-order valence-electron chi connectivity index (χ1n) is 7.31. The summed E-state index contributed by atoms with van der Waals surface area (Å²) in [5.41, 5.74) is 0.617. The molecule has 2 aromatic carbocycles. The quantitative estimate of drug-likeness (QED) is 0.750. The predicted octanol–water partition coefficient (Wildman–Crippen LogP) is 3.33. The molecule has 1 aromatic heterocycles. The average Bonchev–Trinajstić information content (AvgIpc) is 2.59. The van der Waals surface area contributed by atoms with Gasteiger partial charge in [0.25, 0.3) is 5.56 Å². The Labute approximate surface area is 146 Å². The van der Waals surface area contributed by atoms with Crippen LogP contribution in [0.5, 0.6) is 5.75 Å². The Morgan fingerprint density at radius 3 is 2.60 bits per heavy atom. The number of aryl methyl sites for hydroxylation is 1. The summed E-state index contributed by atoms with van der Waals surface area (Å²) in [6.45, 7) is 0. The second-order valence-electron chi connectivity index (χ2n) is 5.65. The van der Waals surface area contributed by atoms with E-state index in [0.29, 0.717) is 11.1 Å². The van der Waals surface area contributed by atoms with E-state index in [1.807, 2.05) is 0 Å². The fourth-order valence-corrected chi connectivity index (χ4v) is 2.94. The lowest BCUT2D eigenvalue weighted by Gasteiger charge is -2.12. The Morgan fingerprint density at radius 1 is 1.24 bits per heavy atom. The van der Waals surface area contributed by atoms with Crippen molar-refractivity contribution in [3.63, 3.8) is 0 Å². The van der Waals surface area contributed by atoms with Gasteiger partial charge in [0, 0.05) is 18.9 Å². The van der Waals surface area contributed by atoms with Crippen LogP contribution in [0.15, 0.2) is 41.2 Å². The van der Waals surface area contributed by atoms with Crippen LogP contribution in [0.25, 0.3) is 10.9 Å². The molecule has 7 heteroatoms. The zero-order chi connectivity index (χ0) is 18.3. The molecule has 0 unspecified atom stereocenters. The van der Waals surface area contributed by atoms with Crippen molar-refractivity contribution in [3.8, 4) is 5.75 Å². The van der Waals surface area contributed by atoms with Crippen LogP contribution in [0.1, 0.15) is 21.5 Å². The number of pyridine rings is 1. The van der Waals surface area contributed by atoms with Gasteiger partial charge in [-0.25, -0.2) is 9.18 Å². The molecule has 128 valence electrons. The molecule has 25 heavy (non-hydrogen) atoms. The summed E-state index contributed by atoms with van der Waals surface area (Å²) in [5.74, 6) is -2.00. The minimum atomic E-state index is -1.14. The number of hydrogen-bond donors (Lipinski definition) is 2. The zero-order valence-corrected chi connectivity index (χ0v) is 13.8. The first-order valence-corrected chi connectivity index (χ1v) is 7.69. The fourth-order valence-electron chi connectivity index (χ4n) is 2.74. The van der Waals surface area contributed by atoms with Crippen LogP contribution < -0.4 is 5.56 Å². The van der Waals surface area contributed by atoms with Crippen molar-refractivity contribution in [2.75, 3.05) is 0 Å². The van der Waals surface area contributed by atoms with E-state index in [1.54, 1.807) is 0 Å². The summed E-state index contributed by atoms with van der Waals surface area (Å²) in [6, 6.07) is 8.18. The molecule has 1 heterocycles. The molecule has 2 N–H and O–H groups in total. The number of aromatic carboxylic acids is 1. The molecule has 3 rings (SSSR count). The van der Waals surface area contributed by atoms with E-state index >= 15 is 0 Å². The van der Waals surface area contributed by atoms with Gasteiger partial charge in [0.2, 0.25) is 0 Å². The molecule has 3 aromatic rings. The third kappa shape index (κ3) is 2.96. The molecule has 0 saturated heterocycles. The molecule has 0 radical (unpaired) electrons. The molecule has 5 nitrogen and oxygen atoms in total. The summed E-state index contributed by atoms with van der Waals surface area (Å²) in [7, 11) is 1.53. The molecule has 0 aliphatic heterocycles. The second-order valence-corrected chi connectivity index (χ2v) is 6.06. The highest BCUT2D eigenvalue weighted by Gasteiger charge is 2.17. The summed E-state index contributed by atoms with van der Waals surface area (Å²) < 4.78 is 14.6. The summed E-state index contributed by atoms with van der Waals surface area (Å²) in [6.07, 6.45) is 0.0335. The van der Waals surface area contributed by atoms with Crippen molar-refractivity contribution in [2.24, 2.45) is 7.05 Å². The van der Waals surface area contributed by atoms with Gasteiger partial charge in [-0.05, 0) is 35.9 Å². The third-order valence-corrected chi connectivity index (χ3v) is 4.36. The molecular weight excluding hydrogens is 349 g/mol. The first kappa shape index (κ1) is 17.0. The van der Waals surface area contributed by atoms with Crippen LogP contribution in [-0.4, -0.2) is 20.7 Å². The van der Waals surface area contributed by atoms with E-state index in [-0.39, 0.29) is 33.7 Å². The second kappa shape index (κ2) is 6.22. The number of fused-ring (bicyclic) bond motifs is 1. The Kier molecular flexibility index (Phi) is 4.22. The highest BCUT2D eigenvalue weighted by Crippen LogP contribution is 2.29. The molecule has 0 spiro atoms. The largest absolute Gasteiger partial charge is 0.507 e. The SMILES string of the molecule is Cn1c(=O)c(Cc2ccc(F)c(Cl)c2)c(O)c2cc(C(=O)O)ccc21. The number of halogens is 2. The highest BCUT2D eigenvalue weighted by atomic mass is 35.5. The monoisotopic (exact) mass is 361 g/mol. The lowest BCUT2D eigenvalue weighted by Crippen LogP contribution is -2.22. The van der Waals surface area contributed by atoms with Crippen LogP contribution in [0, 0.1) is 5.82 Å². The Hall–Kier alpha value is -2.86. The van der Waals surface area contributed by atoms with E-state index < -0.39 is 17.3 Å². The maximum atomic E-state index is 13.3. The van der Waals surface area contributed by atoms with Gasteiger partial charge < -0.3 is 14.8 Å². The molecular formula is C18H13ClFNO4. The summed E-state index contributed by atoms with van der Waals surface area (Å²) in [5, 5.41) is 19.8. The van der Waals surface area contributed by atoms with Gasteiger partial charge >= 0.3 is 5.97 Å². The van der Waals surface area contributed by atoms with Gasteiger partial charge in [0.1, 0.15) is 11.6 Å². The number of carbonyl (C=O) groups is 1. The fraction of sp³-hybridized carbons (Fsp3) is 0.111. The molecule has 0 aliphatic rings. The standard InChI is InChI=1S/C18H13ClFNO4/c1-21-15-5-3-10(18(24)25)8-11(15)16(22)12(17(21)23)6-9-2-4-14(20)13(19)7-9/h2-5,7-8,22H,6H2,1H3,(H,24,25). The maximum absolute atomic E-state index is 13.3. The number of hydrogen-bond acceptors (Lipinski definition) is 3.